The minimum Gasteiger partial charge on any atom is -0.313 e. The summed E-state index contributed by atoms with van der Waals surface area (Å²) >= 11 is 1.56. The van der Waals surface area contributed by atoms with Crippen LogP contribution in [0, 0.1) is 0 Å². The van der Waals surface area contributed by atoms with E-state index >= 15 is 0 Å². The molecule has 0 saturated carbocycles. The van der Waals surface area contributed by atoms with Crippen LogP contribution >= 0.6 is 11.8 Å². The van der Waals surface area contributed by atoms with Crippen LogP contribution in [0.25, 0.3) is 0 Å². The molecule has 1 N–H and O–H groups in total. The van der Waals surface area contributed by atoms with Gasteiger partial charge in [0.05, 0.1) is 12.3 Å². The number of hydrogen-bond acceptors (Lipinski definition) is 7. The summed E-state index contributed by atoms with van der Waals surface area (Å²) in [6.07, 6.45) is 1.55. The third-order valence-electron chi connectivity index (χ3n) is 2.51. The molecule has 0 atom stereocenters. The van der Waals surface area contributed by atoms with Crippen LogP contribution in [0.4, 0.5) is 0 Å². The minimum absolute atomic E-state index is 0.464. The largest absolute Gasteiger partial charge is 0.313 e. The Labute approximate surface area is 116 Å². The number of thioether (sulfide) groups is 1. The van der Waals surface area contributed by atoms with E-state index in [1.807, 2.05) is 7.05 Å². The van der Waals surface area contributed by atoms with Gasteiger partial charge in [0, 0.05) is 19.6 Å². The molecule has 0 aromatic carbocycles. The van der Waals surface area contributed by atoms with E-state index in [-0.39, 0.29) is 0 Å². The van der Waals surface area contributed by atoms with Gasteiger partial charge >= 0.3 is 0 Å². The molecular weight excluding hydrogens is 264 g/mol. The Hall–Kier alpha value is -1.48. The fourth-order valence-corrected chi connectivity index (χ4v) is 2.37. The Bertz CT molecular complexity index is 505. The standard InChI is InChI=1S/C10H18N8S/c1-8(2)11-4-5-18-10(14-15-16-18)19-6-9-12-7-13-17(9)3/h7-8,11H,4-6H2,1-3H3. The van der Waals surface area contributed by atoms with Gasteiger partial charge < -0.3 is 5.32 Å². The average molecular weight is 282 g/mol. The van der Waals surface area contributed by atoms with Crippen molar-refractivity contribution in [3.05, 3.63) is 12.2 Å². The topological polar surface area (TPSA) is 86.3 Å². The summed E-state index contributed by atoms with van der Waals surface area (Å²) < 4.78 is 3.55. The van der Waals surface area contributed by atoms with Crippen molar-refractivity contribution >= 4 is 11.8 Å². The lowest BCUT2D eigenvalue weighted by Crippen LogP contribution is -2.27. The number of aromatic nitrogens is 7. The van der Waals surface area contributed by atoms with E-state index in [2.05, 4.69) is 44.8 Å². The number of nitrogens with zero attached hydrogens (tertiary/aromatic N) is 7. The lowest BCUT2D eigenvalue weighted by atomic mass is 10.4. The predicted molar refractivity (Wildman–Crippen MR) is 71.5 cm³/mol. The molecule has 2 rings (SSSR count). The summed E-state index contributed by atoms with van der Waals surface area (Å²) in [6.45, 7) is 5.83. The Morgan fingerprint density at radius 3 is 2.95 bits per heavy atom. The zero-order valence-corrected chi connectivity index (χ0v) is 12.1. The van der Waals surface area contributed by atoms with Crippen molar-refractivity contribution in [2.45, 2.75) is 37.3 Å². The SMILES string of the molecule is CC(C)NCCn1nnnc1SCc1ncnn1C. The highest BCUT2D eigenvalue weighted by molar-refractivity contribution is 7.98. The van der Waals surface area contributed by atoms with Gasteiger partial charge in [0.1, 0.15) is 12.2 Å². The molecule has 0 aliphatic heterocycles. The van der Waals surface area contributed by atoms with Gasteiger partial charge in [-0.15, -0.1) is 5.10 Å². The van der Waals surface area contributed by atoms with Crippen molar-refractivity contribution in [3.63, 3.8) is 0 Å². The molecule has 2 aromatic heterocycles. The van der Waals surface area contributed by atoms with Gasteiger partial charge in [-0.1, -0.05) is 25.6 Å². The van der Waals surface area contributed by atoms with Crippen molar-refractivity contribution in [3.8, 4) is 0 Å². The first-order chi connectivity index (χ1) is 9.16. The van der Waals surface area contributed by atoms with Crippen LogP contribution < -0.4 is 5.32 Å². The van der Waals surface area contributed by atoms with E-state index in [1.165, 1.54) is 0 Å². The van der Waals surface area contributed by atoms with Crippen LogP contribution in [0.5, 0.6) is 0 Å². The van der Waals surface area contributed by atoms with Gasteiger partial charge in [-0.3, -0.25) is 4.68 Å². The molecule has 0 fully saturated rings. The maximum atomic E-state index is 4.17. The number of rotatable bonds is 7. The molecule has 0 saturated heterocycles. The predicted octanol–water partition coefficient (Wildman–Crippen LogP) is 0.0919. The van der Waals surface area contributed by atoms with Crippen molar-refractivity contribution < 1.29 is 0 Å². The van der Waals surface area contributed by atoms with Crippen LogP contribution in [0.2, 0.25) is 0 Å². The van der Waals surface area contributed by atoms with Gasteiger partial charge in [-0.2, -0.15) is 5.10 Å². The second kappa shape index (κ2) is 6.62. The first kappa shape index (κ1) is 13.9. The summed E-state index contributed by atoms with van der Waals surface area (Å²) in [4.78, 5) is 4.17. The highest BCUT2D eigenvalue weighted by Gasteiger charge is 2.09. The molecule has 0 spiro atoms. The highest BCUT2D eigenvalue weighted by atomic mass is 32.2. The maximum Gasteiger partial charge on any atom is 0.209 e. The molecule has 9 heteroatoms. The highest BCUT2D eigenvalue weighted by Crippen LogP contribution is 2.17. The van der Waals surface area contributed by atoms with Crippen LogP contribution in [0.15, 0.2) is 11.5 Å². The third-order valence-corrected chi connectivity index (χ3v) is 3.46. The van der Waals surface area contributed by atoms with E-state index in [0.29, 0.717) is 11.8 Å². The van der Waals surface area contributed by atoms with E-state index in [9.17, 15) is 0 Å². The summed E-state index contributed by atoms with van der Waals surface area (Å²) in [5.41, 5.74) is 0. The minimum atomic E-state index is 0.464. The molecule has 0 unspecified atom stereocenters. The quantitative estimate of drug-likeness (QED) is 0.720. The van der Waals surface area contributed by atoms with Gasteiger partial charge in [-0.05, 0) is 10.4 Å². The van der Waals surface area contributed by atoms with Crippen molar-refractivity contribution in [2.75, 3.05) is 6.54 Å². The zero-order chi connectivity index (χ0) is 13.7. The van der Waals surface area contributed by atoms with Crippen molar-refractivity contribution in [1.29, 1.82) is 0 Å². The molecule has 19 heavy (non-hydrogen) atoms. The Kier molecular flexibility index (Phi) is 4.86. The smallest absolute Gasteiger partial charge is 0.209 e. The molecule has 0 amide bonds. The molecule has 8 nitrogen and oxygen atoms in total. The van der Waals surface area contributed by atoms with E-state index < -0.39 is 0 Å². The van der Waals surface area contributed by atoms with Crippen LogP contribution in [0.3, 0.4) is 0 Å². The van der Waals surface area contributed by atoms with Gasteiger partial charge in [-0.25, -0.2) is 9.67 Å². The fourth-order valence-electron chi connectivity index (χ4n) is 1.48. The van der Waals surface area contributed by atoms with E-state index in [0.717, 1.165) is 24.1 Å². The number of nitrogens with one attached hydrogen (secondary N) is 1. The van der Waals surface area contributed by atoms with Gasteiger partial charge in [0.2, 0.25) is 5.16 Å². The average Bonchev–Trinajstić information content (AvgIpc) is 2.95. The van der Waals surface area contributed by atoms with Crippen LogP contribution in [-0.2, 0) is 19.3 Å². The number of tetrazole rings is 1. The Morgan fingerprint density at radius 1 is 1.42 bits per heavy atom. The summed E-state index contributed by atoms with van der Waals surface area (Å²) in [5.74, 6) is 1.61. The molecule has 104 valence electrons. The molecule has 0 aliphatic rings. The van der Waals surface area contributed by atoms with Gasteiger partial charge in [0.15, 0.2) is 0 Å². The zero-order valence-electron chi connectivity index (χ0n) is 11.3. The normalized spacial score (nSPS) is 11.4. The summed E-state index contributed by atoms with van der Waals surface area (Å²) in [7, 11) is 1.87. The van der Waals surface area contributed by atoms with Crippen molar-refractivity contribution in [1.82, 2.24) is 40.3 Å². The third kappa shape index (κ3) is 4.00. The molecule has 2 aromatic rings. The Morgan fingerprint density at radius 2 is 2.26 bits per heavy atom. The number of aryl methyl sites for hydroxylation is 1. The van der Waals surface area contributed by atoms with Crippen molar-refractivity contribution in [2.24, 2.45) is 7.05 Å². The van der Waals surface area contributed by atoms with E-state index in [4.69, 9.17) is 0 Å². The summed E-state index contributed by atoms with van der Waals surface area (Å²) in [5, 5.41) is 19.9. The first-order valence-corrected chi connectivity index (χ1v) is 7.10. The Balaban J connectivity index is 1.87. The first-order valence-electron chi connectivity index (χ1n) is 6.12. The molecular formula is C10H18N8S. The molecule has 0 radical (unpaired) electrons. The lowest BCUT2D eigenvalue weighted by Gasteiger charge is -2.08. The monoisotopic (exact) mass is 282 g/mol. The van der Waals surface area contributed by atoms with Crippen LogP contribution in [0.1, 0.15) is 19.7 Å². The summed E-state index contributed by atoms with van der Waals surface area (Å²) in [6, 6.07) is 0.464. The lowest BCUT2D eigenvalue weighted by molar-refractivity contribution is 0.485. The maximum absolute atomic E-state index is 4.17. The fraction of sp³-hybridized carbons (Fsp3) is 0.700. The van der Waals surface area contributed by atoms with E-state index in [1.54, 1.807) is 27.5 Å². The second-order valence-electron chi connectivity index (χ2n) is 4.38. The molecule has 2 heterocycles. The van der Waals surface area contributed by atoms with Crippen LogP contribution in [-0.4, -0.2) is 47.6 Å². The molecule has 0 bridgehead atoms. The second-order valence-corrected chi connectivity index (χ2v) is 5.32. The van der Waals surface area contributed by atoms with Gasteiger partial charge in [0.25, 0.3) is 0 Å². The number of hydrogen-bond donors (Lipinski definition) is 1. The molecule has 0 aliphatic carbocycles.